The first-order valence-corrected chi connectivity index (χ1v) is 8.45. The number of fused-ring (bicyclic) bond motifs is 1. The number of thiazole rings is 1. The quantitative estimate of drug-likeness (QED) is 0.563. The summed E-state index contributed by atoms with van der Waals surface area (Å²) in [5.74, 6) is 0.422. The van der Waals surface area contributed by atoms with E-state index >= 15 is 0 Å². The Bertz CT molecular complexity index is 869. The fourth-order valence-electron chi connectivity index (χ4n) is 2.60. The molecule has 0 saturated carbocycles. The number of hydrogen-bond acceptors (Lipinski definition) is 3. The minimum atomic E-state index is -0.199. The molecule has 4 heteroatoms. The van der Waals surface area contributed by atoms with Gasteiger partial charge in [-0.25, -0.2) is 9.37 Å². The van der Waals surface area contributed by atoms with Gasteiger partial charge in [0.1, 0.15) is 16.6 Å². The molecular formula is C19H18FNOS. The third kappa shape index (κ3) is 2.99. The molecule has 0 atom stereocenters. The Morgan fingerprint density at radius 1 is 1.22 bits per heavy atom. The van der Waals surface area contributed by atoms with Crippen LogP contribution in [0.3, 0.4) is 0 Å². The van der Waals surface area contributed by atoms with Crippen molar-refractivity contribution in [1.82, 2.24) is 4.98 Å². The molecule has 2 aromatic carbocycles. The minimum Gasteiger partial charge on any atom is -0.493 e. The molecule has 118 valence electrons. The number of nitrogens with zero attached hydrogens (tertiary/aromatic N) is 1. The van der Waals surface area contributed by atoms with Gasteiger partial charge < -0.3 is 4.74 Å². The van der Waals surface area contributed by atoms with Crippen LogP contribution < -0.4 is 0 Å². The van der Waals surface area contributed by atoms with Crippen LogP contribution in [-0.4, -0.2) is 11.6 Å². The van der Waals surface area contributed by atoms with Gasteiger partial charge in [0.15, 0.2) is 0 Å². The Hall–Kier alpha value is -2.20. The van der Waals surface area contributed by atoms with Gasteiger partial charge in [0.25, 0.3) is 0 Å². The van der Waals surface area contributed by atoms with Crippen LogP contribution in [0.15, 0.2) is 43.1 Å². The zero-order chi connectivity index (χ0) is 16.4. The van der Waals surface area contributed by atoms with E-state index in [0.29, 0.717) is 17.8 Å². The smallest absolute Gasteiger partial charge is 0.131 e. The highest BCUT2D eigenvalue weighted by atomic mass is 32.1. The molecule has 0 spiro atoms. The van der Waals surface area contributed by atoms with Gasteiger partial charge in [-0.3, -0.25) is 0 Å². The lowest BCUT2D eigenvalue weighted by Gasteiger charge is -2.07. The minimum absolute atomic E-state index is 0.199. The van der Waals surface area contributed by atoms with Crippen LogP contribution in [0.25, 0.3) is 27.1 Å². The standard InChI is InChI=1S/C19H18FNOS/c1-4-13-7-9-17(20)16-10-14(6-8-15(13)16)19-21-11-18(23-19)12(3)22-5-2/h6-11H,3-5H2,1-2H3. The van der Waals surface area contributed by atoms with Gasteiger partial charge in [0.05, 0.1) is 11.5 Å². The first-order chi connectivity index (χ1) is 11.1. The summed E-state index contributed by atoms with van der Waals surface area (Å²) in [6.07, 6.45) is 2.63. The van der Waals surface area contributed by atoms with Crippen molar-refractivity contribution in [2.75, 3.05) is 6.61 Å². The van der Waals surface area contributed by atoms with Crippen molar-refractivity contribution < 1.29 is 9.13 Å². The Balaban J connectivity index is 2.04. The summed E-state index contributed by atoms with van der Waals surface area (Å²) in [5, 5.41) is 2.44. The zero-order valence-electron chi connectivity index (χ0n) is 13.2. The number of aromatic nitrogens is 1. The maximum atomic E-state index is 14.2. The van der Waals surface area contributed by atoms with Crippen molar-refractivity contribution in [2.45, 2.75) is 20.3 Å². The molecule has 0 saturated heterocycles. The highest BCUT2D eigenvalue weighted by molar-refractivity contribution is 7.16. The van der Waals surface area contributed by atoms with Crippen molar-refractivity contribution in [1.29, 1.82) is 0 Å². The van der Waals surface area contributed by atoms with Crippen LogP contribution in [0.2, 0.25) is 0 Å². The lowest BCUT2D eigenvalue weighted by Crippen LogP contribution is -1.88. The Morgan fingerprint density at radius 3 is 2.78 bits per heavy atom. The van der Waals surface area contributed by atoms with Gasteiger partial charge in [-0.15, -0.1) is 11.3 Å². The molecule has 0 radical (unpaired) electrons. The van der Waals surface area contributed by atoms with E-state index in [-0.39, 0.29) is 5.82 Å². The summed E-state index contributed by atoms with van der Waals surface area (Å²) in [6.45, 7) is 8.47. The van der Waals surface area contributed by atoms with Crippen LogP contribution in [0.4, 0.5) is 4.39 Å². The molecule has 0 aliphatic heterocycles. The average Bonchev–Trinajstić information content (AvgIpc) is 3.05. The first-order valence-electron chi connectivity index (χ1n) is 7.63. The van der Waals surface area contributed by atoms with Crippen LogP contribution in [0.1, 0.15) is 24.3 Å². The van der Waals surface area contributed by atoms with Gasteiger partial charge in [0, 0.05) is 17.1 Å². The third-order valence-corrected chi connectivity index (χ3v) is 4.87. The highest BCUT2D eigenvalue weighted by Gasteiger charge is 2.11. The van der Waals surface area contributed by atoms with E-state index in [4.69, 9.17) is 4.74 Å². The summed E-state index contributed by atoms with van der Waals surface area (Å²) in [5.41, 5.74) is 2.06. The molecular weight excluding hydrogens is 309 g/mol. The molecule has 0 fully saturated rings. The van der Waals surface area contributed by atoms with Crippen molar-refractivity contribution in [3.63, 3.8) is 0 Å². The summed E-state index contributed by atoms with van der Waals surface area (Å²) in [6, 6.07) is 9.23. The molecule has 0 amide bonds. The molecule has 3 aromatic rings. The van der Waals surface area contributed by atoms with E-state index in [0.717, 1.165) is 32.8 Å². The van der Waals surface area contributed by atoms with E-state index in [9.17, 15) is 4.39 Å². The molecule has 0 aliphatic carbocycles. The second-order valence-electron chi connectivity index (χ2n) is 5.21. The van der Waals surface area contributed by atoms with Gasteiger partial charge in [-0.2, -0.15) is 0 Å². The summed E-state index contributed by atoms with van der Waals surface area (Å²) in [7, 11) is 0. The Morgan fingerprint density at radius 2 is 2.04 bits per heavy atom. The first kappa shape index (κ1) is 15.7. The number of aryl methyl sites for hydroxylation is 1. The number of hydrogen-bond donors (Lipinski definition) is 0. The van der Waals surface area contributed by atoms with E-state index in [1.54, 1.807) is 6.20 Å². The lowest BCUT2D eigenvalue weighted by molar-refractivity contribution is 0.300. The van der Waals surface area contributed by atoms with E-state index in [2.05, 4.69) is 18.5 Å². The summed E-state index contributed by atoms with van der Waals surface area (Å²) < 4.78 is 19.6. The molecule has 0 bridgehead atoms. The van der Waals surface area contributed by atoms with Gasteiger partial charge in [-0.05, 0) is 36.4 Å². The second-order valence-corrected chi connectivity index (χ2v) is 6.24. The maximum Gasteiger partial charge on any atom is 0.131 e. The molecule has 0 aliphatic rings. The van der Waals surface area contributed by atoms with Crippen LogP contribution >= 0.6 is 11.3 Å². The van der Waals surface area contributed by atoms with Crippen molar-refractivity contribution >= 4 is 27.9 Å². The number of benzene rings is 2. The molecule has 0 N–H and O–H groups in total. The predicted molar refractivity (Wildman–Crippen MR) is 95.1 cm³/mol. The average molecular weight is 327 g/mol. The van der Waals surface area contributed by atoms with Crippen LogP contribution in [0, 0.1) is 5.82 Å². The van der Waals surface area contributed by atoms with Gasteiger partial charge in [-0.1, -0.05) is 31.7 Å². The van der Waals surface area contributed by atoms with Crippen molar-refractivity contribution in [3.8, 4) is 10.6 Å². The van der Waals surface area contributed by atoms with Crippen LogP contribution in [0.5, 0.6) is 0 Å². The molecule has 0 unspecified atom stereocenters. The van der Waals surface area contributed by atoms with Crippen molar-refractivity contribution in [3.05, 3.63) is 59.4 Å². The second kappa shape index (κ2) is 6.50. The number of ether oxygens (including phenoxy) is 1. The maximum absolute atomic E-state index is 14.2. The SMILES string of the molecule is C=C(OCC)c1cnc(-c2ccc3c(CC)ccc(F)c3c2)s1. The normalized spacial score (nSPS) is 10.9. The molecule has 3 rings (SSSR count). The third-order valence-electron chi connectivity index (χ3n) is 3.78. The van der Waals surface area contributed by atoms with E-state index < -0.39 is 0 Å². The molecule has 23 heavy (non-hydrogen) atoms. The number of rotatable bonds is 5. The Kier molecular flexibility index (Phi) is 4.44. The predicted octanol–water partition coefficient (Wildman–Crippen LogP) is 5.67. The molecule has 2 nitrogen and oxygen atoms in total. The topological polar surface area (TPSA) is 22.1 Å². The van der Waals surface area contributed by atoms with Gasteiger partial charge >= 0.3 is 0 Å². The molecule has 1 heterocycles. The highest BCUT2D eigenvalue weighted by Crippen LogP contribution is 2.32. The zero-order valence-corrected chi connectivity index (χ0v) is 14.0. The van der Waals surface area contributed by atoms with E-state index in [1.165, 1.54) is 17.4 Å². The lowest BCUT2D eigenvalue weighted by atomic mass is 10.0. The Labute approximate surface area is 139 Å². The fourth-order valence-corrected chi connectivity index (χ4v) is 3.44. The molecule has 1 aromatic heterocycles. The number of halogens is 1. The van der Waals surface area contributed by atoms with Gasteiger partial charge in [0.2, 0.25) is 0 Å². The van der Waals surface area contributed by atoms with E-state index in [1.807, 2.05) is 31.2 Å². The monoisotopic (exact) mass is 327 g/mol. The largest absolute Gasteiger partial charge is 0.493 e. The van der Waals surface area contributed by atoms with Crippen molar-refractivity contribution in [2.24, 2.45) is 0 Å². The van der Waals surface area contributed by atoms with Crippen LogP contribution in [-0.2, 0) is 11.2 Å². The fraction of sp³-hybridized carbons (Fsp3) is 0.211. The summed E-state index contributed by atoms with van der Waals surface area (Å²) >= 11 is 1.50. The summed E-state index contributed by atoms with van der Waals surface area (Å²) in [4.78, 5) is 5.32.